The molecule has 3 heterocycles. The van der Waals surface area contributed by atoms with Gasteiger partial charge in [-0.05, 0) is 31.4 Å². The van der Waals surface area contributed by atoms with Gasteiger partial charge in [0, 0.05) is 44.7 Å². The van der Waals surface area contributed by atoms with Gasteiger partial charge in [0.1, 0.15) is 11.5 Å². The molecule has 1 saturated carbocycles. The summed E-state index contributed by atoms with van der Waals surface area (Å²) in [5, 5.41) is 7.64. The van der Waals surface area contributed by atoms with E-state index < -0.39 is 0 Å². The summed E-state index contributed by atoms with van der Waals surface area (Å²) in [5.41, 5.74) is 1.90. The predicted octanol–water partition coefficient (Wildman–Crippen LogP) is 1.68. The minimum Gasteiger partial charge on any atom is -0.353 e. The summed E-state index contributed by atoms with van der Waals surface area (Å²) >= 11 is 0. The van der Waals surface area contributed by atoms with Gasteiger partial charge in [-0.2, -0.15) is 5.10 Å². The Labute approximate surface area is 146 Å². The second-order valence-electron chi connectivity index (χ2n) is 6.86. The highest BCUT2D eigenvalue weighted by molar-refractivity contribution is 5.94. The van der Waals surface area contributed by atoms with Gasteiger partial charge >= 0.3 is 0 Å². The largest absolute Gasteiger partial charge is 0.353 e. The smallest absolute Gasteiger partial charge is 0.229 e. The average Bonchev–Trinajstić information content (AvgIpc) is 3.12. The van der Waals surface area contributed by atoms with E-state index in [1.54, 1.807) is 4.90 Å². The van der Waals surface area contributed by atoms with Gasteiger partial charge in [-0.15, -0.1) is 0 Å². The molecule has 0 unspecified atom stereocenters. The maximum atomic E-state index is 12.4. The van der Waals surface area contributed by atoms with Crippen molar-refractivity contribution in [2.45, 2.75) is 44.7 Å². The zero-order chi connectivity index (χ0) is 17.4. The lowest BCUT2D eigenvalue weighted by atomic mass is 10.2. The van der Waals surface area contributed by atoms with Crippen molar-refractivity contribution < 1.29 is 9.59 Å². The van der Waals surface area contributed by atoms with Crippen LogP contribution in [0.5, 0.6) is 0 Å². The Morgan fingerprint density at radius 2 is 2.24 bits per heavy atom. The van der Waals surface area contributed by atoms with Crippen LogP contribution in [0.2, 0.25) is 0 Å². The molecule has 7 heteroatoms. The number of carbonyl (C=O) groups excluding carboxylic acids is 2. The van der Waals surface area contributed by atoms with Crippen molar-refractivity contribution in [3.05, 3.63) is 24.4 Å². The molecule has 132 valence electrons. The number of aryl methyl sites for hydroxylation is 2. The van der Waals surface area contributed by atoms with Crippen LogP contribution in [0.15, 0.2) is 24.4 Å². The number of aromatic nitrogens is 3. The van der Waals surface area contributed by atoms with Crippen molar-refractivity contribution in [2.75, 3.05) is 11.4 Å². The molecule has 0 bridgehead atoms. The van der Waals surface area contributed by atoms with Crippen molar-refractivity contribution >= 4 is 17.6 Å². The molecule has 0 spiro atoms. The maximum Gasteiger partial charge on any atom is 0.229 e. The van der Waals surface area contributed by atoms with Crippen LogP contribution in [0.1, 0.15) is 32.1 Å². The topological polar surface area (TPSA) is 72.2 Å². The van der Waals surface area contributed by atoms with Gasteiger partial charge in [0.05, 0.1) is 12.2 Å². The molecule has 2 amide bonds. The highest BCUT2D eigenvalue weighted by Crippen LogP contribution is 2.28. The predicted molar refractivity (Wildman–Crippen MR) is 94.0 cm³/mol. The van der Waals surface area contributed by atoms with Crippen LogP contribution in [0.25, 0.3) is 11.4 Å². The molecule has 1 aliphatic heterocycles. The van der Waals surface area contributed by atoms with Crippen LogP contribution in [0, 0.1) is 0 Å². The number of rotatable bonds is 6. The van der Waals surface area contributed by atoms with E-state index in [1.807, 2.05) is 40.7 Å². The number of fused-ring (bicyclic) bond motifs is 1. The second-order valence-corrected chi connectivity index (χ2v) is 6.86. The third kappa shape index (κ3) is 3.31. The average molecular weight is 341 g/mol. The van der Waals surface area contributed by atoms with Crippen molar-refractivity contribution in [2.24, 2.45) is 7.05 Å². The Bertz CT molecular complexity index is 802. The van der Waals surface area contributed by atoms with E-state index in [0.29, 0.717) is 38.4 Å². The fraction of sp³-hybridized carbons (Fsp3) is 0.500. The molecule has 25 heavy (non-hydrogen) atoms. The highest BCUT2D eigenvalue weighted by Gasteiger charge is 2.27. The van der Waals surface area contributed by atoms with E-state index in [2.05, 4.69) is 10.4 Å². The lowest BCUT2D eigenvalue weighted by molar-refractivity contribution is -0.122. The molecule has 2 aromatic heterocycles. The summed E-state index contributed by atoms with van der Waals surface area (Å²) in [6, 6.07) is 6.35. The van der Waals surface area contributed by atoms with Crippen molar-refractivity contribution in [1.29, 1.82) is 0 Å². The van der Waals surface area contributed by atoms with E-state index in [4.69, 9.17) is 0 Å². The Balaban J connectivity index is 1.45. The molecule has 0 radical (unpaired) electrons. The third-order valence-corrected chi connectivity index (χ3v) is 4.81. The minimum absolute atomic E-state index is 0.0879. The monoisotopic (exact) mass is 341 g/mol. The Morgan fingerprint density at radius 3 is 2.96 bits per heavy atom. The van der Waals surface area contributed by atoms with Crippen LogP contribution in [-0.2, 0) is 23.2 Å². The lowest BCUT2D eigenvalue weighted by Gasteiger charge is -2.27. The molecule has 1 N–H and O–H groups in total. The quantitative estimate of drug-likeness (QED) is 0.869. The molecule has 1 aliphatic carbocycles. The van der Waals surface area contributed by atoms with Crippen LogP contribution in [0.3, 0.4) is 0 Å². The van der Waals surface area contributed by atoms with Gasteiger partial charge in [-0.25, -0.2) is 4.68 Å². The first-order valence-corrected chi connectivity index (χ1v) is 8.91. The van der Waals surface area contributed by atoms with Gasteiger partial charge in [-0.3, -0.25) is 14.5 Å². The highest BCUT2D eigenvalue weighted by atomic mass is 16.2. The van der Waals surface area contributed by atoms with E-state index in [0.717, 1.165) is 30.0 Å². The number of amides is 2. The zero-order valence-electron chi connectivity index (χ0n) is 14.4. The second kappa shape index (κ2) is 6.38. The van der Waals surface area contributed by atoms with Gasteiger partial charge < -0.3 is 9.88 Å². The SMILES string of the molecule is Cn1cccc1-c1cc2n(n1)CCC(=O)N2CCCC(=O)NC1CC1. The number of anilines is 1. The van der Waals surface area contributed by atoms with Crippen LogP contribution in [-0.4, -0.2) is 38.7 Å². The molecule has 7 nitrogen and oxygen atoms in total. The summed E-state index contributed by atoms with van der Waals surface area (Å²) in [4.78, 5) is 26.0. The third-order valence-electron chi connectivity index (χ3n) is 4.81. The Kier molecular flexibility index (Phi) is 4.07. The van der Waals surface area contributed by atoms with E-state index in [-0.39, 0.29) is 11.8 Å². The summed E-state index contributed by atoms with van der Waals surface area (Å²) in [7, 11) is 1.98. The number of nitrogens with zero attached hydrogens (tertiary/aromatic N) is 4. The van der Waals surface area contributed by atoms with E-state index in [1.165, 1.54) is 0 Å². The van der Waals surface area contributed by atoms with Gasteiger partial charge in [0.2, 0.25) is 11.8 Å². The number of carbonyl (C=O) groups is 2. The fourth-order valence-corrected chi connectivity index (χ4v) is 3.27. The molecule has 1 fully saturated rings. The Morgan fingerprint density at radius 1 is 1.40 bits per heavy atom. The van der Waals surface area contributed by atoms with Gasteiger partial charge in [0.25, 0.3) is 0 Å². The number of nitrogens with one attached hydrogen (secondary N) is 1. The minimum atomic E-state index is 0.0879. The molecular weight excluding hydrogens is 318 g/mol. The molecule has 0 aromatic carbocycles. The first kappa shape index (κ1) is 15.9. The van der Waals surface area contributed by atoms with Crippen molar-refractivity contribution in [3.63, 3.8) is 0 Å². The fourth-order valence-electron chi connectivity index (χ4n) is 3.27. The van der Waals surface area contributed by atoms with Crippen LogP contribution in [0.4, 0.5) is 5.82 Å². The Hall–Kier alpha value is -2.57. The van der Waals surface area contributed by atoms with E-state index in [9.17, 15) is 9.59 Å². The molecule has 2 aliphatic rings. The number of hydrogen-bond donors (Lipinski definition) is 1. The first-order valence-electron chi connectivity index (χ1n) is 8.91. The lowest BCUT2D eigenvalue weighted by Crippen LogP contribution is -2.38. The molecular formula is C18H23N5O2. The van der Waals surface area contributed by atoms with Gasteiger partial charge in [0.15, 0.2) is 0 Å². The van der Waals surface area contributed by atoms with E-state index >= 15 is 0 Å². The summed E-state index contributed by atoms with van der Waals surface area (Å²) in [6.45, 7) is 1.16. The van der Waals surface area contributed by atoms with Crippen molar-refractivity contribution in [3.8, 4) is 11.4 Å². The number of hydrogen-bond acceptors (Lipinski definition) is 3. The van der Waals surface area contributed by atoms with Gasteiger partial charge in [-0.1, -0.05) is 0 Å². The normalized spacial score (nSPS) is 16.8. The summed E-state index contributed by atoms with van der Waals surface area (Å²) < 4.78 is 3.91. The first-order chi connectivity index (χ1) is 12.1. The standard InChI is InChI=1S/C18H23N5O2/c1-21-9-2-4-15(21)14-12-17-22(18(25)8-11-23(17)20-14)10-3-5-16(24)19-13-6-7-13/h2,4,9,12-13H,3,5-8,10-11H2,1H3,(H,19,24). The van der Waals surface area contributed by atoms with Crippen LogP contribution < -0.4 is 10.2 Å². The molecule has 0 atom stereocenters. The maximum absolute atomic E-state index is 12.4. The summed E-state index contributed by atoms with van der Waals surface area (Å²) in [5.74, 6) is 1.02. The van der Waals surface area contributed by atoms with Crippen LogP contribution >= 0.6 is 0 Å². The molecule has 2 aromatic rings. The molecule has 4 rings (SSSR count). The summed E-state index contributed by atoms with van der Waals surface area (Å²) in [6.07, 6.45) is 5.74. The van der Waals surface area contributed by atoms with Crippen molar-refractivity contribution in [1.82, 2.24) is 19.7 Å². The zero-order valence-corrected chi connectivity index (χ0v) is 14.4. The molecule has 0 saturated heterocycles.